The number of rotatable bonds is 7. The Balaban J connectivity index is 2.29. The van der Waals surface area contributed by atoms with Gasteiger partial charge in [-0.25, -0.2) is 0 Å². The number of aliphatic hydroxyl groups is 2. The highest BCUT2D eigenvalue weighted by atomic mass is 16.3. The van der Waals surface area contributed by atoms with Gasteiger partial charge in [-0.2, -0.15) is 0 Å². The molecule has 0 saturated heterocycles. The largest absolute Gasteiger partial charge is 0.393 e. The number of amides is 1. The Kier molecular flexibility index (Phi) is 5.98. The van der Waals surface area contributed by atoms with E-state index in [1.54, 1.807) is 55.5 Å². The van der Waals surface area contributed by atoms with Crippen molar-refractivity contribution in [3.05, 3.63) is 71.8 Å². The summed E-state index contributed by atoms with van der Waals surface area (Å²) in [4.78, 5) is 13.0. The van der Waals surface area contributed by atoms with Crippen LogP contribution in [0.5, 0.6) is 0 Å². The average molecular weight is 341 g/mol. The molecule has 0 aliphatic carbocycles. The molecule has 0 heterocycles. The molecule has 25 heavy (non-hydrogen) atoms. The molecule has 1 amide bonds. The van der Waals surface area contributed by atoms with Crippen LogP contribution in [0.3, 0.4) is 0 Å². The minimum atomic E-state index is -1.76. The molecule has 1 unspecified atom stereocenters. The molecule has 134 valence electrons. The normalized spacial score (nSPS) is 13.3. The van der Waals surface area contributed by atoms with Crippen LogP contribution in [0, 0.1) is 5.41 Å². The molecule has 0 spiro atoms. The lowest BCUT2D eigenvalue weighted by Gasteiger charge is -2.31. The zero-order chi connectivity index (χ0) is 18.5. The van der Waals surface area contributed by atoms with Crippen LogP contribution in [0.4, 0.5) is 0 Å². The lowest BCUT2D eigenvalue weighted by atomic mass is 9.84. The van der Waals surface area contributed by atoms with Crippen molar-refractivity contribution in [1.29, 1.82) is 0 Å². The van der Waals surface area contributed by atoms with Gasteiger partial charge in [0.15, 0.2) is 5.60 Å². The summed E-state index contributed by atoms with van der Waals surface area (Å²) in [6.45, 7) is 6.04. The summed E-state index contributed by atoms with van der Waals surface area (Å²) in [6, 6.07) is 17.9. The van der Waals surface area contributed by atoms with Crippen molar-refractivity contribution in [1.82, 2.24) is 5.32 Å². The van der Waals surface area contributed by atoms with E-state index in [1.165, 1.54) is 0 Å². The van der Waals surface area contributed by atoms with Crippen LogP contribution in [-0.4, -0.2) is 28.8 Å². The Labute approximate surface area is 149 Å². The molecule has 2 rings (SSSR count). The monoisotopic (exact) mass is 341 g/mol. The summed E-state index contributed by atoms with van der Waals surface area (Å²) in [5.41, 5.74) is -0.999. The Morgan fingerprint density at radius 2 is 1.44 bits per heavy atom. The number of carbonyl (C=O) groups excluding carboxylic acids is 1. The van der Waals surface area contributed by atoms with Crippen molar-refractivity contribution in [3.8, 4) is 0 Å². The lowest BCUT2D eigenvalue weighted by molar-refractivity contribution is -0.137. The second-order valence-corrected chi connectivity index (χ2v) is 7.34. The van der Waals surface area contributed by atoms with E-state index in [4.69, 9.17) is 0 Å². The van der Waals surface area contributed by atoms with Gasteiger partial charge in [0, 0.05) is 6.54 Å². The summed E-state index contributed by atoms with van der Waals surface area (Å²) in [6.07, 6.45) is 0.108. The number of hydrogen-bond acceptors (Lipinski definition) is 3. The summed E-state index contributed by atoms with van der Waals surface area (Å²) >= 11 is 0. The van der Waals surface area contributed by atoms with Gasteiger partial charge in [-0.1, -0.05) is 74.5 Å². The molecule has 0 bridgehead atoms. The van der Waals surface area contributed by atoms with E-state index >= 15 is 0 Å². The quantitative estimate of drug-likeness (QED) is 0.725. The molecule has 0 fully saturated rings. The Bertz CT molecular complexity index is 641. The van der Waals surface area contributed by atoms with E-state index in [2.05, 4.69) is 5.32 Å². The van der Waals surface area contributed by atoms with Crippen molar-refractivity contribution in [3.63, 3.8) is 0 Å². The second kappa shape index (κ2) is 7.81. The highest BCUT2D eigenvalue weighted by Gasteiger charge is 2.40. The molecular weight excluding hydrogens is 314 g/mol. The van der Waals surface area contributed by atoms with Crippen molar-refractivity contribution < 1.29 is 15.0 Å². The Morgan fingerprint density at radius 1 is 1.00 bits per heavy atom. The molecule has 0 radical (unpaired) electrons. The van der Waals surface area contributed by atoms with E-state index in [9.17, 15) is 15.0 Å². The molecule has 0 aromatic heterocycles. The lowest BCUT2D eigenvalue weighted by Crippen LogP contribution is -2.48. The standard InChI is InChI=1S/C21H27NO3/c1-16(23)14-20(2,3)15-22-19(24)21(25,17-10-6-4-7-11-17)18-12-8-5-9-13-18/h4-13,16,23,25H,14-15H2,1-3H3,(H,22,24). The Morgan fingerprint density at radius 3 is 1.84 bits per heavy atom. The molecule has 0 aliphatic heterocycles. The van der Waals surface area contributed by atoms with Gasteiger partial charge in [0.1, 0.15) is 0 Å². The number of nitrogens with one attached hydrogen (secondary N) is 1. The van der Waals surface area contributed by atoms with Gasteiger partial charge >= 0.3 is 0 Å². The third-order valence-electron chi connectivity index (χ3n) is 4.29. The zero-order valence-electron chi connectivity index (χ0n) is 15.1. The van der Waals surface area contributed by atoms with Crippen LogP contribution in [0.25, 0.3) is 0 Å². The van der Waals surface area contributed by atoms with Crippen LogP contribution < -0.4 is 5.32 Å². The van der Waals surface area contributed by atoms with Crippen LogP contribution in [0.15, 0.2) is 60.7 Å². The number of hydrogen-bond donors (Lipinski definition) is 3. The van der Waals surface area contributed by atoms with Crippen molar-refractivity contribution in [2.45, 2.75) is 38.9 Å². The summed E-state index contributed by atoms with van der Waals surface area (Å²) in [5, 5.41) is 23.8. The highest BCUT2D eigenvalue weighted by molar-refractivity contribution is 5.90. The van der Waals surface area contributed by atoms with Gasteiger partial charge < -0.3 is 15.5 Å². The topological polar surface area (TPSA) is 69.6 Å². The summed E-state index contributed by atoms with van der Waals surface area (Å²) in [5.74, 6) is -0.469. The first-order valence-electron chi connectivity index (χ1n) is 8.55. The van der Waals surface area contributed by atoms with Gasteiger partial charge in [0.05, 0.1) is 6.10 Å². The van der Waals surface area contributed by atoms with Crippen LogP contribution >= 0.6 is 0 Å². The second-order valence-electron chi connectivity index (χ2n) is 7.34. The molecule has 2 aromatic carbocycles. The van der Waals surface area contributed by atoms with Crippen molar-refractivity contribution in [2.24, 2.45) is 5.41 Å². The molecule has 4 heteroatoms. The summed E-state index contributed by atoms with van der Waals surface area (Å²) < 4.78 is 0. The van der Waals surface area contributed by atoms with E-state index < -0.39 is 17.6 Å². The zero-order valence-corrected chi connectivity index (χ0v) is 15.1. The van der Waals surface area contributed by atoms with Crippen molar-refractivity contribution >= 4 is 5.91 Å². The minimum absolute atomic E-state index is 0.280. The third kappa shape index (κ3) is 4.68. The number of aliphatic hydroxyl groups excluding tert-OH is 1. The maximum atomic E-state index is 13.0. The van der Waals surface area contributed by atoms with Gasteiger partial charge in [0.2, 0.25) is 0 Å². The van der Waals surface area contributed by atoms with Gasteiger partial charge in [0.25, 0.3) is 5.91 Å². The molecule has 1 atom stereocenters. The molecule has 0 aliphatic rings. The van der Waals surface area contributed by atoms with Crippen LogP contribution in [0.2, 0.25) is 0 Å². The van der Waals surface area contributed by atoms with Gasteiger partial charge in [-0.05, 0) is 29.9 Å². The van der Waals surface area contributed by atoms with E-state index in [1.807, 2.05) is 26.0 Å². The highest BCUT2D eigenvalue weighted by Crippen LogP contribution is 2.30. The van der Waals surface area contributed by atoms with E-state index in [0.717, 1.165) is 0 Å². The Hall–Kier alpha value is -2.17. The molecule has 4 nitrogen and oxygen atoms in total. The predicted molar refractivity (Wildman–Crippen MR) is 99.0 cm³/mol. The fourth-order valence-corrected chi connectivity index (χ4v) is 3.11. The van der Waals surface area contributed by atoms with Gasteiger partial charge in [-0.15, -0.1) is 0 Å². The number of benzene rings is 2. The first-order valence-corrected chi connectivity index (χ1v) is 8.55. The predicted octanol–water partition coefficient (Wildman–Crippen LogP) is 2.84. The van der Waals surface area contributed by atoms with E-state index in [0.29, 0.717) is 24.1 Å². The van der Waals surface area contributed by atoms with Crippen molar-refractivity contribution in [2.75, 3.05) is 6.54 Å². The first kappa shape index (κ1) is 19.2. The molecule has 0 saturated carbocycles. The molecule has 3 N–H and O–H groups in total. The van der Waals surface area contributed by atoms with Crippen LogP contribution in [-0.2, 0) is 10.4 Å². The molecule has 2 aromatic rings. The van der Waals surface area contributed by atoms with Gasteiger partial charge in [-0.3, -0.25) is 4.79 Å². The fourth-order valence-electron chi connectivity index (χ4n) is 3.11. The summed E-state index contributed by atoms with van der Waals surface area (Å²) in [7, 11) is 0. The smallest absolute Gasteiger partial charge is 0.261 e. The SMILES string of the molecule is CC(O)CC(C)(C)CNC(=O)C(O)(c1ccccc1)c1ccccc1. The number of carbonyl (C=O) groups is 1. The maximum absolute atomic E-state index is 13.0. The minimum Gasteiger partial charge on any atom is -0.393 e. The first-order chi connectivity index (χ1) is 11.8. The van der Waals surface area contributed by atoms with E-state index in [-0.39, 0.29) is 5.41 Å². The average Bonchev–Trinajstić information content (AvgIpc) is 2.59. The third-order valence-corrected chi connectivity index (χ3v) is 4.29. The molecular formula is C21H27NO3. The van der Waals surface area contributed by atoms with Crippen LogP contribution in [0.1, 0.15) is 38.3 Å². The maximum Gasteiger partial charge on any atom is 0.261 e. The fraction of sp³-hybridized carbons (Fsp3) is 0.381.